The second-order valence-electron chi connectivity index (χ2n) is 4.59. The van der Waals surface area contributed by atoms with Crippen molar-refractivity contribution in [2.75, 3.05) is 11.5 Å². The molecule has 2 N–H and O–H groups in total. The van der Waals surface area contributed by atoms with Crippen molar-refractivity contribution in [3.63, 3.8) is 0 Å². The van der Waals surface area contributed by atoms with Gasteiger partial charge in [-0.05, 0) is 31.6 Å². The summed E-state index contributed by atoms with van der Waals surface area (Å²) >= 11 is 0. The molecule has 0 heterocycles. The van der Waals surface area contributed by atoms with Crippen LogP contribution in [0.1, 0.15) is 45.4 Å². The van der Waals surface area contributed by atoms with Gasteiger partial charge in [-0.3, -0.25) is 0 Å². The van der Waals surface area contributed by atoms with Crippen molar-refractivity contribution in [2.24, 2.45) is 11.7 Å². The molecule has 1 aliphatic rings. The van der Waals surface area contributed by atoms with Gasteiger partial charge in [-0.1, -0.05) is 19.8 Å². The van der Waals surface area contributed by atoms with Crippen molar-refractivity contribution in [1.29, 1.82) is 0 Å². The predicted molar refractivity (Wildman–Crippen MR) is 63.5 cm³/mol. The van der Waals surface area contributed by atoms with Gasteiger partial charge in [0, 0.05) is 11.8 Å². The van der Waals surface area contributed by atoms with E-state index in [0.29, 0.717) is 17.7 Å². The molecule has 0 saturated heterocycles. The second kappa shape index (κ2) is 5.85. The fourth-order valence-electron chi connectivity index (χ4n) is 2.30. The van der Waals surface area contributed by atoms with E-state index < -0.39 is 9.84 Å². The van der Waals surface area contributed by atoms with Crippen LogP contribution < -0.4 is 5.73 Å². The quantitative estimate of drug-likeness (QED) is 0.786. The zero-order chi connectivity index (χ0) is 11.3. The van der Waals surface area contributed by atoms with Crippen LogP contribution in [0.2, 0.25) is 0 Å². The molecule has 0 radical (unpaired) electrons. The Morgan fingerprint density at radius 1 is 1.27 bits per heavy atom. The van der Waals surface area contributed by atoms with Gasteiger partial charge in [0.1, 0.15) is 9.84 Å². The molecule has 0 aliphatic heterocycles. The first-order chi connectivity index (χ1) is 7.05. The van der Waals surface area contributed by atoms with Gasteiger partial charge in [0.05, 0.1) is 5.75 Å². The fraction of sp³-hybridized carbons (Fsp3) is 1.00. The summed E-state index contributed by atoms with van der Waals surface area (Å²) in [4.78, 5) is 0. The van der Waals surface area contributed by atoms with E-state index in [9.17, 15) is 8.42 Å². The normalized spacial score (nSPS) is 27.9. The lowest BCUT2D eigenvalue weighted by atomic mass is 9.82. The van der Waals surface area contributed by atoms with E-state index in [1.165, 1.54) is 19.3 Å². The molecule has 1 saturated carbocycles. The third kappa shape index (κ3) is 4.51. The van der Waals surface area contributed by atoms with Crippen LogP contribution in [0.3, 0.4) is 0 Å². The molecular formula is C11H23NO2S. The SMILES string of the molecule is CCS(=O)(=O)CCCC1CCCCC1N. The molecule has 1 fully saturated rings. The van der Waals surface area contributed by atoms with Crippen molar-refractivity contribution in [2.45, 2.75) is 51.5 Å². The lowest BCUT2D eigenvalue weighted by Crippen LogP contribution is -2.33. The Kier molecular flexibility index (Phi) is 5.06. The van der Waals surface area contributed by atoms with Crippen molar-refractivity contribution in [3.05, 3.63) is 0 Å². The number of hydrogen-bond acceptors (Lipinski definition) is 3. The van der Waals surface area contributed by atoms with Crippen LogP contribution in [0.4, 0.5) is 0 Å². The van der Waals surface area contributed by atoms with Gasteiger partial charge in [-0.2, -0.15) is 0 Å². The Morgan fingerprint density at radius 2 is 1.93 bits per heavy atom. The van der Waals surface area contributed by atoms with Crippen molar-refractivity contribution in [1.82, 2.24) is 0 Å². The van der Waals surface area contributed by atoms with E-state index in [1.807, 2.05) is 0 Å². The lowest BCUT2D eigenvalue weighted by molar-refractivity contribution is 0.290. The van der Waals surface area contributed by atoms with Gasteiger partial charge in [0.15, 0.2) is 0 Å². The average Bonchev–Trinajstić information content (AvgIpc) is 2.21. The van der Waals surface area contributed by atoms with Crippen LogP contribution in [0.15, 0.2) is 0 Å². The highest BCUT2D eigenvalue weighted by atomic mass is 32.2. The maximum Gasteiger partial charge on any atom is 0.150 e. The van der Waals surface area contributed by atoms with Crippen molar-refractivity contribution in [3.8, 4) is 0 Å². The molecule has 2 atom stereocenters. The third-order valence-electron chi connectivity index (χ3n) is 3.44. The minimum atomic E-state index is -2.78. The molecular weight excluding hydrogens is 210 g/mol. The summed E-state index contributed by atoms with van der Waals surface area (Å²) in [5.74, 6) is 1.17. The highest BCUT2D eigenvalue weighted by Crippen LogP contribution is 2.26. The third-order valence-corrected chi connectivity index (χ3v) is 5.23. The predicted octanol–water partition coefficient (Wildman–Crippen LogP) is 1.72. The first-order valence-electron chi connectivity index (χ1n) is 6.01. The smallest absolute Gasteiger partial charge is 0.150 e. The maximum absolute atomic E-state index is 11.3. The molecule has 0 aromatic rings. The molecule has 1 rings (SSSR count). The summed E-state index contributed by atoms with van der Waals surface area (Å²) in [5, 5.41) is 0. The van der Waals surface area contributed by atoms with E-state index in [2.05, 4.69) is 0 Å². The van der Waals surface area contributed by atoms with Crippen molar-refractivity contribution >= 4 is 9.84 Å². The van der Waals surface area contributed by atoms with Crippen LogP contribution in [0.25, 0.3) is 0 Å². The summed E-state index contributed by atoms with van der Waals surface area (Å²) in [6.45, 7) is 1.71. The molecule has 90 valence electrons. The molecule has 15 heavy (non-hydrogen) atoms. The Balaban J connectivity index is 2.25. The van der Waals surface area contributed by atoms with Gasteiger partial charge >= 0.3 is 0 Å². The Bertz CT molecular complexity index is 274. The summed E-state index contributed by atoms with van der Waals surface area (Å²) in [6.07, 6.45) is 6.58. The Morgan fingerprint density at radius 3 is 2.53 bits per heavy atom. The first kappa shape index (κ1) is 13.0. The van der Waals surface area contributed by atoms with Gasteiger partial charge < -0.3 is 5.73 Å². The largest absolute Gasteiger partial charge is 0.327 e. The van der Waals surface area contributed by atoms with Crippen molar-refractivity contribution < 1.29 is 8.42 Å². The summed E-state index contributed by atoms with van der Waals surface area (Å²) in [7, 11) is -2.78. The number of sulfone groups is 1. The summed E-state index contributed by atoms with van der Waals surface area (Å²) in [6, 6.07) is 0.308. The molecule has 0 amide bonds. The van der Waals surface area contributed by atoms with Gasteiger partial charge in [0.25, 0.3) is 0 Å². The molecule has 0 aromatic heterocycles. The minimum absolute atomic E-state index is 0.268. The van der Waals surface area contributed by atoms with E-state index in [1.54, 1.807) is 6.92 Å². The van der Waals surface area contributed by atoms with Crippen LogP contribution in [0.5, 0.6) is 0 Å². The van der Waals surface area contributed by atoms with E-state index in [-0.39, 0.29) is 5.75 Å². The molecule has 0 aromatic carbocycles. The zero-order valence-electron chi connectivity index (χ0n) is 9.61. The highest BCUT2D eigenvalue weighted by Gasteiger charge is 2.21. The molecule has 0 spiro atoms. The molecule has 0 bridgehead atoms. The van der Waals surface area contributed by atoms with E-state index in [0.717, 1.165) is 19.3 Å². The first-order valence-corrected chi connectivity index (χ1v) is 7.83. The minimum Gasteiger partial charge on any atom is -0.327 e. The molecule has 2 unspecified atom stereocenters. The average molecular weight is 233 g/mol. The molecule has 1 aliphatic carbocycles. The zero-order valence-corrected chi connectivity index (χ0v) is 10.4. The molecule has 3 nitrogen and oxygen atoms in total. The van der Waals surface area contributed by atoms with Crippen LogP contribution in [0, 0.1) is 5.92 Å². The number of rotatable bonds is 5. The topological polar surface area (TPSA) is 60.2 Å². The van der Waals surface area contributed by atoms with Gasteiger partial charge in [0.2, 0.25) is 0 Å². The summed E-state index contributed by atoms with van der Waals surface area (Å²) < 4.78 is 22.6. The maximum atomic E-state index is 11.3. The van der Waals surface area contributed by atoms with Crippen LogP contribution in [-0.2, 0) is 9.84 Å². The van der Waals surface area contributed by atoms with E-state index in [4.69, 9.17) is 5.73 Å². The molecule has 4 heteroatoms. The van der Waals surface area contributed by atoms with Gasteiger partial charge in [-0.25, -0.2) is 8.42 Å². The van der Waals surface area contributed by atoms with Gasteiger partial charge in [-0.15, -0.1) is 0 Å². The highest BCUT2D eigenvalue weighted by molar-refractivity contribution is 7.91. The number of nitrogens with two attached hydrogens (primary N) is 1. The van der Waals surface area contributed by atoms with E-state index >= 15 is 0 Å². The summed E-state index contributed by atoms with van der Waals surface area (Å²) in [5.41, 5.74) is 6.01. The Hall–Kier alpha value is -0.0900. The van der Waals surface area contributed by atoms with Crippen LogP contribution in [-0.4, -0.2) is 26.0 Å². The lowest BCUT2D eigenvalue weighted by Gasteiger charge is -2.28. The second-order valence-corrected chi connectivity index (χ2v) is 7.06. The monoisotopic (exact) mass is 233 g/mol. The van der Waals surface area contributed by atoms with Crippen LogP contribution >= 0.6 is 0 Å². The standard InChI is InChI=1S/C11H23NO2S/c1-2-15(13,14)9-5-7-10-6-3-4-8-11(10)12/h10-11H,2-9,12H2,1H3. The fourth-order valence-corrected chi connectivity index (χ4v) is 3.20. The number of hydrogen-bond donors (Lipinski definition) is 1. The Labute approximate surface area is 93.3 Å².